The fraction of sp³-hybridized carbons (Fsp3) is 0.200. The standard InChI is InChI=1S/C15H14ClF/c1-11-7-8-13(10-15(11)17)14(16)9-12-5-3-2-4-6-12/h2-8,10,14H,9H2,1H3. The maximum absolute atomic E-state index is 13.4. The summed E-state index contributed by atoms with van der Waals surface area (Å²) < 4.78 is 13.4. The molecule has 0 spiro atoms. The number of hydrogen-bond donors (Lipinski definition) is 0. The van der Waals surface area contributed by atoms with Crippen LogP contribution in [-0.4, -0.2) is 0 Å². The van der Waals surface area contributed by atoms with Crippen LogP contribution >= 0.6 is 11.6 Å². The van der Waals surface area contributed by atoms with E-state index in [1.54, 1.807) is 13.0 Å². The van der Waals surface area contributed by atoms with Gasteiger partial charge in [0.1, 0.15) is 5.82 Å². The summed E-state index contributed by atoms with van der Waals surface area (Å²) in [4.78, 5) is 0. The second-order valence-electron chi connectivity index (χ2n) is 4.17. The Morgan fingerprint density at radius 2 is 1.82 bits per heavy atom. The van der Waals surface area contributed by atoms with Crippen molar-refractivity contribution >= 4 is 11.6 Å². The van der Waals surface area contributed by atoms with Crippen LogP contribution in [0.3, 0.4) is 0 Å². The number of aryl methyl sites for hydroxylation is 1. The molecule has 0 nitrogen and oxygen atoms in total. The molecule has 1 unspecified atom stereocenters. The first-order valence-corrected chi connectivity index (χ1v) is 6.04. The van der Waals surface area contributed by atoms with E-state index >= 15 is 0 Å². The Balaban J connectivity index is 2.14. The Labute approximate surface area is 106 Å². The predicted molar refractivity (Wildman–Crippen MR) is 69.9 cm³/mol. The number of alkyl halides is 1. The average molecular weight is 249 g/mol. The number of rotatable bonds is 3. The van der Waals surface area contributed by atoms with E-state index in [4.69, 9.17) is 11.6 Å². The molecule has 0 radical (unpaired) electrons. The van der Waals surface area contributed by atoms with Crippen molar-refractivity contribution in [3.63, 3.8) is 0 Å². The van der Waals surface area contributed by atoms with Crippen molar-refractivity contribution in [1.29, 1.82) is 0 Å². The first-order chi connectivity index (χ1) is 8.16. The molecule has 0 aliphatic rings. The second kappa shape index (κ2) is 5.33. The largest absolute Gasteiger partial charge is 0.207 e. The zero-order valence-corrected chi connectivity index (χ0v) is 10.4. The summed E-state index contributed by atoms with van der Waals surface area (Å²) in [6.45, 7) is 1.75. The van der Waals surface area contributed by atoms with Gasteiger partial charge in [0.25, 0.3) is 0 Å². The fourth-order valence-electron chi connectivity index (χ4n) is 1.74. The molecule has 2 aromatic rings. The average Bonchev–Trinajstić information content (AvgIpc) is 2.34. The lowest BCUT2D eigenvalue weighted by Gasteiger charge is -2.10. The van der Waals surface area contributed by atoms with Crippen molar-refractivity contribution < 1.29 is 4.39 Å². The third kappa shape index (κ3) is 3.07. The normalized spacial score (nSPS) is 12.4. The fourth-order valence-corrected chi connectivity index (χ4v) is 2.06. The van der Waals surface area contributed by atoms with Crippen LogP contribution in [0.25, 0.3) is 0 Å². The van der Waals surface area contributed by atoms with Gasteiger partial charge in [-0.2, -0.15) is 0 Å². The van der Waals surface area contributed by atoms with Crippen molar-refractivity contribution in [3.05, 3.63) is 71.0 Å². The smallest absolute Gasteiger partial charge is 0.126 e. The lowest BCUT2D eigenvalue weighted by atomic mass is 10.0. The van der Waals surface area contributed by atoms with E-state index in [1.165, 1.54) is 6.07 Å². The van der Waals surface area contributed by atoms with Crippen molar-refractivity contribution in [3.8, 4) is 0 Å². The van der Waals surface area contributed by atoms with Crippen LogP contribution in [0, 0.1) is 12.7 Å². The molecule has 0 heterocycles. The van der Waals surface area contributed by atoms with Crippen LogP contribution in [0.1, 0.15) is 22.1 Å². The third-order valence-electron chi connectivity index (χ3n) is 2.82. The van der Waals surface area contributed by atoms with Gasteiger partial charge < -0.3 is 0 Å². The van der Waals surface area contributed by atoms with Crippen molar-refractivity contribution in [2.24, 2.45) is 0 Å². The van der Waals surface area contributed by atoms with E-state index in [9.17, 15) is 4.39 Å². The molecule has 0 saturated heterocycles. The first kappa shape index (κ1) is 12.1. The molecule has 0 amide bonds. The maximum atomic E-state index is 13.4. The molecule has 2 rings (SSSR count). The van der Waals surface area contributed by atoms with E-state index in [1.807, 2.05) is 36.4 Å². The van der Waals surface area contributed by atoms with E-state index in [-0.39, 0.29) is 11.2 Å². The summed E-state index contributed by atoms with van der Waals surface area (Å²) in [5.41, 5.74) is 2.64. The van der Waals surface area contributed by atoms with Crippen LogP contribution in [0.5, 0.6) is 0 Å². The number of hydrogen-bond acceptors (Lipinski definition) is 0. The van der Waals surface area contributed by atoms with Gasteiger partial charge >= 0.3 is 0 Å². The Morgan fingerprint density at radius 1 is 1.12 bits per heavy atom. The van der Waals surface area contributed by atoms with Crippen molar-refractivity contribution in [2.45, 2.75) is 18.7 Å². The van der Waals surface area contributed by atoms with Gasteiger partial charge in [-0.05, 0) is 36.1 Å². The number of halogens is 2. The Morgan fingerprint density at radius 3 is 2.47 bits per heavy atom. The third-order valence-corrected chi connectivity index (χ3v) is 3.22. The highest BCUT2D eigenvalue weighted by Gasteiger charge is 2.10. The maximum Gasteiger partial charge on any atom is 0.126 e. The molecule has 0 fully saturated rings. The van der Waals surface area contributed by atoms with Gasteiger partial charge in [-0.3, -0.25) is 0 Å². The van der Waals surface area contributed by atoms with E-state index in [2.05, 4.69) is 0 Å². The molecule has 88 valence electrons. The highest BCUT2D eigenvalue weighted by molar-refractivity contribution is 6.20. The van der Waals surface area contributed by atoms with E-state index in [0.717, 1.165) is 11.1 Å². The summed E-state index contributed by atoms with van der Waals surface area (Å²) in [7, 11) is 0. The topological polar surface area (TPSA) is 0 Å². The highest BCUT2D eigenvalue weighted by atomic mass is 35.5. The molecule has 17 heavy (non-hydrogen) atoms. The Kier molecular flexibility index (Phi) is 3.80. The van der Waals surface area contributed by atoms with Gasteiger partial charge in [-0.25, -0.2) is 4.39 Å². The van der Waals surface area contributed by atoms with E-state index in [0.29, 0.717) is 12.0 Å². The lowest BCUT2D eigenvalue weighted by Crippen LogP contribution is -1.97. The van der Waals surface area contributed by atoms with Gasteiger partial charge in [-0.15, -0.1) is 11.6 Å². The lowest BCUT2D eigenvalue weighted by molar-refractivity contribution is 0.615. The van der Waals surface area contributed by atoms with Crippen LogP contribution < -0.4 is 0 Å². The predicted octanol–water partition coefficient (Wildman–Crippen LogP) is 4.66. The van der Waals surface area contributed by atoms with Gasteiger partial charge in [0.15, 0.2) is 0 Å². The minimum atomic E-state index is -0.193. The van der Waals surface area contributed by atoms with Gasteiger partial charge in [0, 0.05) is 0 Å². The molecule has 2 heteroatoms. The summed E-state index contributed by atoms with van der Waals surface area (Å²) >= 11 is 6.30. The molecular weight excluding hydrogens is 235 g/mol. The SMILES string of the molecule is Cc1ccc(C(Cl)Cc2ccccc2)cc1F. The minimum absolute atomic E-state index is 0.188. The van der Waals surface area contributed by atoms with Gasteiger partial charge in [-0.1, -0.05) is 42.5 Å². The molecule has 0 aromatic heterocycles. The molecule has 0 bridgehead atoms. The quantitative estimate of drug-likeness (QED) is 0.694. The molecule has 1 atom stereocenters. The Hall–Kier alpha value is -1.34. The van der Waals surface area contributed by atoms with Crippen LogP contribution in [0.2, 0.25) is 0 Å². The first-order valence-electron chi connectivity index (χ1n) is 5.61. The monoisotopic (exact) mass is 248 g/mol. The van der Waals surface area contributed by atoms with Crippen molar-refractivity contribution in [2.75, 3.05) is 0 Å². The minimum Gasteiger partial charge on any atom is -0.207 e. The molecule has 0 saturated carbocycles. The highest BCUT2D eigenvalue weighted by Crippen LogP contribution is 2.26. The number of benzene rings is 2. The molecule has 0 N–H and O–H groups in total. The zero-order valence-electron chi connectivity index (χ0n) is 9.66. The van der Waals surface area contributed by atoms with Crippen LogP contribution in [0.4, 0.5) is 4.39 Å². The molecular formula is C15H14ClF. The summed E-state index contributed by atoms with van der Waals surface area (Å²) in [6.07, 6.45) is 0.713. The Bertz CT molecular complexity index is 494. The summed E-state index contributed by atoms with van der Waals surface area (Å²) in [6, 6.07) is 15.2. The zero-order chi connectivity index (χ0) is 12.3. The molecule has 0 aliphatic heterocycles. The van der Waals surface area contributed by atoms with Crippen molar-refractivity contribution in [1.82, 2.24) is 0 Å². The summed E-state index contributed by atoms with van der Waals surface area (Å²) in [5, 5.41) is -0.188. The van der Waals surface area contributed by atoms with Crippen LogP contribution in [0.15, 0.2) is 48.5 Å². The molecule has 0 aliphatic carbocycles. The van der Waals surface area contributed by atoms with Gasteiger partial charge in [0.2, 0.25) is 0 Å². The van der Waals surface area contributed by atoms with Crippen LogP contribution in [-0.2, 0) is 6.42 Å². The van der Waals surface area contributed by atoms with E-state index < -0.39 is 0 Å². The molecule has 2 aromatic carbocycles. The van der Waals surface area contributed by atoms with Gasteiger partial charge in [0.05, 0.1) is 5.38 Å². The summed E-state index contributed by atoms with van der Waals surface area (Å²) in [5.74, 6) is -0.193. The second-order valence-corrected chi connectivity index (χ2v) is 4.69.